The summed E-state index contributed by atoms with van der Waals surface area (Å²) in [5.74, 6) is -1.21. The Bertz CT molecular complexity index is 752. The normalized spacial score (nSPS) is 18.5. The largest absolute Gasteiger partial charge is 0.480 e. The Morgan fingerprint density at radius 2 is 1.86 bits per heavy atom. The van der Waals surface area contributed by atoms with Crippen molar-refractivity contribution in [2.24, 2.45) is 5.73 Å². The van der Waals surface area contributed by atoms with E-state index in [4.69, 9.17) is 5.73 Å². The Balaban J connectivity index is 2.13. The zero-order chi connectivity index (χ0) is 21.8. The maximum atomic E-state index is 13.1. The third-order valence-electron chi connectivity index (χ3n) is 5.28. The molecule has 4 N–H and O–H groups in total. The van der Waals surface area contributed by atoms with Gasteiger partial charge in [-0.15, -0.1) is 11.8 Å². The Morgan fingerprint density at radius 3 is 2.41 bits per heavy atom. The smallest absolute Gasteiger partial charge is 0.322 e. The van der Waals surface area contributed by atoms with Crippen LogP contribution in [0, 0.1) is 0 Å². The van der Waals surface area contributed by atoms with E-state index in [2.05, 4.69) is 5.32 Å². The van der Waals surface area contributed by atoms with Crippen molar-refractivity contribution in [2.75, 3.05) is 6.54 Å². The van der Waals surface area contributed by atoms with E-state index in [1.54, 1.807) is 13.8 Å². The predicted molar refractivity (Wildman–Crippen MR) is 114 cm³/mol. The molecule has 160 valence electrons. The molecule has 2 rings (SSSR count). The van der Waals surface area contributed by atoms with Crippen LogP contribution in [0.15, 0.2) is 30.3 Å². The fourth-order valence-electron chi connectivity index (χ4n) is 3.55. The van der Waals surface area contributed by atoms with Crippen LogP contribution >= 0.6 is 11.8 Å². The van der Waals surface area contributed by atoms with Gasteiger partial charge >= 0.3 is 5.97 Å². The first-order chi connectivity index (χ1) is 13.5. The number of carboxylic acid groups (broad SMARTS) is 1. The number of aliphatic carboxylic acids is 1. The lowest BCUT2D eigenvalue weighted by Crippen LogP contribution is -2.64. The molecule has 2 atom stereocenters. The van der Waals surface area contributed by atoms with Crippen molar-refractivity contribution in [3.63, 3.8) is 0 Å². The minimum absolute atomic E-state index is 0.311. The Morgan fingerprint density at radius 1 is 1.24 bits per heavy atom. The Kier molecular flexibility index (Phi) is 7.35. The quantitative estimate of drug-likeness (QED) is 0.562. The summed E-state index contributed by atoms with van der Waals surface area (Å²) in [5.41, 5.74) is 5.37. The number of nitrogens with two attached hydrogens (primary N) is 1. The average molecular weight is 422 g/mol. The number of carbonyl (C=O) groups is 3. The number of nitrogens with one attached hydrogen (secondary N) is 1. The van der Waals surface area contributed by atoms with Crippen LogP contribution in [0.2, 0.25) is 0 Å². The zero-order valence-electron chi connectivity index (χ0n) is 17.5. The van der Waals surface area contributed by atoms with Crippen molar-refractivity contribution >= 4 is 29.5 Å². The maximum absolute atomic E-state index is 13.1. The zero-order valence-corrected chi connectivity index (χ0v) is 18.3. The molecule has 1 unspecified atom stereocenters. The standard InChI is InChI=1S/C21H31N3O4S/c1-20(2,19(28)24-12-8-11-15(24)17(22)25)23-16(18(26)27)21(3,4)29-13-14-9-6-5-7-10-14/h5-7,9-10,15-16,23H,8,11-13H2,1-4H3,(H2,22,25)(H,26,27)/t15-,16?/m0/s1. The van der Waals surface area contributed by atoms with Crippen LogP contribution in [0.25, 0.3) is 0 Å². The number of rotatable bonds is 9. The second kappa shape index (κ2) is 9.17. The van der Waals surface area contributed by atoms with Gasteiger partial charge in [0, 0.05) is 17.0 Å². The molecule has 1 aliphatic rings. The SMILES string of the molecule is CC(C)(NC(C(=O)O)C(C)(C)SCc1ccccc1)C(=O)N1CCC[C@H]1C(N)=O. The van der Waals surface area contributed by atoms with E-state index in [0.29, 0.717) is 25.1 Å². The number of carboxylic acids is 1. The van der Waals surface area contributed by atoms with Gasteiger partial charge in [0.15, 0.2) is 0 Å². The van der Waals surface area contributed by atoms with E-state index in [1.807, 2.05) is 44.2 Å². The molecule has 29 heavy (non-hydrogen) atoms. The number of thioether (sulfide) groups is 1. The number of benzene rings is 1. The summed E-state index contributed by atoms with van der Waals surface area (Å²) in [5, 5.41) is 12.9. The Hall–Kier alpha value is -2.06. The van der Waals surface area contributed by atoms with Gasteiger partial charge in [0.05, 0.1) is 5.54 Å². The van der Waals surface area contributed by atoms with Gasteiger partial charge in [-0.1, -0.05) is 30.3 Å². The van der Waals surface area contributed by atoms with Crippen molar-refractivity contribution in [2.45, 2.75) is 68.7 Å². The molecule has 1 fully saturated rings. The molecule has 0 bridgehead atoms. The van der Waals surface area contributed by atoms with Crippen LogP contribution in [-0.2, 0) is 20.1 Å². The highest BCUT2D eigenvalue weighted by atomic mass is 32.2. The van der Waals surface area contributed by atoms with Crippen LogP contribution in [-0.4, -0.2) is 56.7 Å². The molecule has 0 aromatic heterocycles. The van der Waals surface area contributed by atoms with Crippen LogP contribution in [0.5, 0.6) is 0 Å². The number of hydrogen-bond donors (Lipinski definition) is 3. The summed E-state index contributed by atoms with van der Waals surface area (Å²) in [7, 11) is 0. The van der Waals surface area contributed by atoms with Gasteiger partial charge in [0.1, 0.15) is 12.1 Å². The maximum Gasteiger partial charge on any atom is 0.322 e. The second-order valence-electron chi connectivity index (χ2n) is 8.48. The molecule has 0 spiro atoms. The molecule has 1 aromatic rings. The average Bonchev–Trinajstić information content (AvgIpc) is 3.14. The van der Waals surface area contributed by atoms with E-state index in [9.17, 15) is 19.5 Å². The first kappa shape index (κ1) is 23.2. The van der Waals surface area contributed by atoms with E-state index >= 15 is 0 Å². The van der Waals surface area contributed by atoms with Gasteiger partial charge in [0.25, 0.3) is 0 Å². The van der Waals surface area contributed by atoms with E-state index in [-0.39, 0.29) is 5.91 Å². The van der Waals surface area contributed by atoms with Crippen molar-refractivity contribution < 1.29 is 19.5 Å². The molecule has 0 radical (unpaired) electrons. The number of nitrogens with zero attached hydrogens (tertiary/aromatic N) is 1. The molecule has 0 saturated carbocycles. The molecule has 1 aromatic carbocycles. The fraction of sp³-hybridized carbons (Fsp3) is 0.571. The minimum Gasteiger partial charge on any atom is -0.480 e. The molecule has 7 nitrogen and oxygen atoms in total. The highest BCUT2D eigenvalue weighted by molar-refractivity contribution is 7.99. The molecular formula is C21H31N3O4S. The predicted octanol–water partition coefficient (Wildman–Crippen LogP) is 2.00. The van der Waals surface area contributed by atoms with Crippen molar-refractivity contribution in [3.05, 3.63) is 35.9 Å². The van der Waals surface area contributed by atoms with E-state index < -0.39 is 34.2 Å². The van der Waals surface area contributed by atoms with Crippen LogP contribution in [0.4, 0.5) is 0 Å². The summed E-state index contributed by atoms with van der Waals surface area (Å²) in [6.45, 7) is 7.46. The van der Waals surface area contributed by atoms with Crippen LogP contribution in [0.3, 0.4) is 0 Å². The summed E-state index contributed by atoms with van der Waals surface area (Å²) in [6, 6.07) is 8.23. The number of likely N-dealkylation sites (tertiary alicyclic amines) is 1. The van der Waals surface area contributed by atoms with Crippen molar-refractivity contribution in [1.82, 2.24) is 10.2 Å². The molecular weight excluding hydrogens is 390 g/mol. The molecule has 1 heterocycles. The highest BCUT2D eigenvalue weighted by Crippen LogP contribution is 2.33. The van der Waals surface area contributed by atoms with E-state index in [1.165, 1.54) is 16.7 Å². The monoisotopic (exact) mass is 421 g/mol. The number of amides is 2. The third kappa shape index (κ3) is 5.73. The molecule has 8 heteroatoms. The van der Waals surface area contributed by atoms with Gasteiger partial charge in [-0.25, -0.2) is 0 Å². The molecule has 2 amide bonds. The van der Waals surface area contributed by atoms with Crippen LogP contribution < -0.4 is 11.1 Å². The summed E-state index contributed by atoms with van der Waals surface area (Å²) in [6.07, 6.45) is 1.24. The van der Waals surface area contributed by atoms with E-state index in [0.717, 1.165) is 5.56 Å². The summed E-state index contributed by atoms with van der Waals surface area (Å²) < 4.78 is -0.687. The summed E-state index contributed by atoms with van der Waals surface area (Å²) >= 11 is 1.52. The van der Waals surface area contributed by atoms with Gasteiger partial charge in [-0.3, -0.25) is 19.7 Å². The molecule has 1 aliphatic heterocycles. The number of hydrogen-bond acceptors (Lipinski definition) is 5. The highest BCUT2D eigenvalue weighted by Gasteiger charge is 2.45. The lowest BCUT2D eigenvalue weighted by atomic mass is 9.96. The van der Waals surface area contributed by atoms with Gasteiger partial charge in [-0.05, 0) is 46.1 Å². The fourth-order valence-corrected chi connectivity index (χ4v) is 4.60. The second-order valence-corrected chi connectivity index (χ2v) is 10.1. The van der Waals surface area contributed by atoms with Gasteiger partial charge in [-0.2, -0.15) is 0 Å². The minimum atomic E-state index is -1.16. The van der Waals surface area contributed by atoms with Crippen molar-refractivity contribution in [3.8, 4) is 0 Å². The van der Waals surface area contributed by atoms with Gasteiger partial charge in [0.2, 0.25) is 11.8 Å². The first-order valence-corrected chi connectivity index (χ1v) is 10.7. The summed E-state index contributed by atoms with van der Waals surface area (Å²) in [4.78, 5) is 38.3. The Labute approximate surface area is 176 Å². The van der Waals surface area contributed by atoms with Crippen molar-refractivity contribution in [1.29, 1.82) is 0 Å². The lowest BCUT2D eigenvalue weighted by Gasteiger charge is -2.39. The molecule has 1 saturated heterocycles. The number of primary amides is 1. The topological polar surface area (TPSA) is 113 Å². The van der Waals surface area contributed by atoms with Gasteiger partial charge < -0.3 is 15.7 Å². The first-order valence-electron chi connectivity index (χ1n) is 9.74. The third-order valence-corrected chi connectivity index (χ3v) is 6.74. The molecule has 0 aliphatic carbocycles. The lowest BCUT2D eigenvalue weighted by molar-refractivity contribution is -0.145. The number of carbonyl (C=O) groups excluding carboxylic acids is 2. The van der Waals surface area contributed by atoms with Crippen LogP contribution in [0.1, 0.15) is 46.1 Å².